The number of benzene rings is 1. The summed E-state index contributed by atoms with van der Waals surface area (Å²) >= 11 is 0. The molecule has 1 aliphatic rings. The fraction of sp³-hybridized carbons (Fsp3) is 0.474. The van der Waals surface area contributed by atoms with E-state index in [1.165, 1.54) is 24.8 Å². The summed E-state index contributed by atoms with van der Waals surface area (Å²) in [6.07, 6.45) is 3.65. The maximum Gasteiger partial charge on any atom is 0.320 e. The molecule has 2 aromatic rings. The van der Waals surface area contributed by atoms with Gasteiger partial charge in [0.1, 0.15) is 11.5 Å². The Morgan fingerprint density at radius 3 is 2.62 bits per heavy atom. The Morgan fingerprint density at radius 2 is 2.00 bits per heavy atom. The third-order valence-corrected chi connectivity index (χ3v) is 4.66. The number of nitrogens with zero attached hydrogens (tertiary/aromatic N) is 2. The van der Waals surface area contributed by atoms with Gasteiger partial charge in [-0.3, -0.25) is 10.2 Å². The third kappa shape index (κ3) is 4.76. The number of hydrogen-bond acceptors (Lipinski definition) is 5. The Morgan fingerprint density at radius 1 is 1.27 bits per heavy atom. The summed E-state index contributed by atoms with van der Waals surface area (Å²) in [6.45, 7) is 4.39. The van der Waals surface area contributed by atoms with Crippen LogP contribution in [-0.2, 0) is 0 Å². The predicted octanol–water partition coefficient (Wildman–Crippen LogP) is 3.34. The Kier molecular flexibility index (Phi) is 6.12. The molecule has 1 aromatic heterocycles. The van der Waals surface area contributed by atoms with Gasteiger partial charge in [-0.2, -0.15) is 0 Å². The van der Waals surface area contributed by atoms with Crippen LogP contribution in [0.4, 0.5) is 10.6 Å². The molecule has 1 saturated heterocycles. The van der Waals surface area contributed by atoms with Gasteiger partial charge in [0.2, 0.25) is 0 Å². The smallest absolute Gasteiger partial charge is 0.320 e. The van der Waals surface area contributed by atoms with Crippen molar-refractivity contribution in [3.05, 3.63) is 41.7 Å². The van der Waals surface area contributed by atoms with E-state index < -0.39 is 0 Å². The normalized spacial score (nSPS) is 16.1. The second-order valence-electron chi connectivity index (χ2n) is 6.54. The van der Waals surface area contributed by atoms with Gasteiger partial charge in [-0.05, 0) is 50.6 Å². The molecular formula is C19H26N4O3. The lowest BCUT2D eigenvalue weighted by atomic mass is 10.0. The molecule has 0 aliphatic carbocycles. The average Bonchev–Trinajstić information content (AvgIpc) is 3.08. The van der Waals surface area contributed by atoms with E-state index in [9.17, 15) is 4.79 Å². The SMILES string of the molecule is COc1ccc([C@@H](CNC(=O)Nc2cc(C)on2)N2CCCCC2)cc1. The van der Waals surface area contributed by atoms with Crippen LogP contribution >= 0.6 is 0 Å². The topological polar surface area (TPSA) is 79.6 Å². The van der Waals surface area contributed by atoms with Crippen molar-refractivity contribution >= 4 is 11.8 Å². The lowest BCUT2D eigenvalue weighted by molar-refractivity contribution is 0.161. The van der Waals surface area contributed by atoms with E-state index in [1.807, 2.05) is 12.1 Å². The molecule has 7 heteroatoms. The third-order valence-electron chi connectivity index (χ3n) is 4.66. The average molecular weight is 358 g/mol. The fourth-order valence-electron chi connectivity index (χ4n) is 3.29. The van der Waals surface area contributed by atoms with Crippen LogP contribution in [0, 0.1) is 6.92 Å². The zero-order chi connectivity index (χ0) is 18.4. The highest BCUT2D eigenvalue weighted by Crippen LogP contribution is 2.25. The molecule has 0 unspecified atom stereocenters. The van der Waals surface area contributed by atoms with Gasteiger partial charge >= 0.3 is 6.03 Å². The Hall–Kier alpha value is -2.54. The summed E-state index contributed by atoms with van der Waals surface area (Å²) in [7, 11) is 1.66. The van der Waals surface area contributed by atoms with Gasteiger partial charge in [-0.15, -0.1) is 0 Å². The fourth-order valence-corrected chi connectivity index (χ4v) is 3.29. The number of rotatable bonds is 6. The minimum atomic E-state index is -0.283. The molecule has 2 amide bonds. The van der Waals surface area contributed by atoms with Crippen LogP contribution in [0.2, 0.25) is 0 Å². The zero-order valence-electron chi connectivity index (χ0n) is 15.3. The van der Waals surface area contributed by atoms with E-state index in [4.69, 9.17) is 9.26 Å². The first-order valence-corrected chi connectivity index (χ1v) is 9.02. The molecule has 1 atom stereocenters. The lowest BCUT2D eigenvalue weighted by Gasteiger charge is -2.35. The number of nitrogens with one attached hydrogen (secondary N) is 2. The van der Waals surface area contributed by atoms with E-state index in [2.05, 4.69) is 32.8 Å². The van der Waals surface area contributed by atoms with Gasteiger partial charge in [-0.25, -0.2) is 4.79 Å². The van der Waals surface area contributed by atoms with Crippen LogP contribution in [0.15, 0.2) is 34.9 Å². The number of methoxy groups -OCH3 is 1. The van der Waals surface area contributed by atoms with E-state index in [0.717, 1.165) is 18.8 Å². The molecule has 2 heterocycles. The number of piperidine rings is 1. The Labute approximate surface area is 153 Å². The van der Waals surface area contributed by atoms with Crippen molar-refractivity contribution in [2.75, 3.05) is 32.1 Å². The molecule has 0 saturated carbocycles. The first-order valence-electron chi connectivity index (χ1n) is 9.02. The van der Waals surface area contributed by atoms with Crippen molar-refractivity contribution < 1.29 is 14.1 Å². The predicted molar refractivity (Wildman–Crippen MR) is 99.4 cm³/mol. The lowest BCUT2D eigenvalue weighted by Crippen LogP contribution is -2.41. The van der Waals surface area contributed by atoms with Crippen LogP contribution in [0.1, 0.15) is 36.6 Å². The monoisotopic (exact) mass is 358 g/mol. The zero-order valence-corrected chi connectivity index (χ0v) is 15.3. The molecule has 0 spiro atoms. The maximum absolute atomic E-state index is 12.2. The second kappa shape index (κ2) is 8.71. The van der Waals surface area contributed by atoms with Crippen molar-refractivity contribution in [3.63, 3.8) is 0 Å². The summed E-state index contributed by atoms with van der Waals surface area (Å²) < 4.78 is 10.2. The first kappa shape index (κ1) is 18.3. The van der Waals surface area contributed by atoms with Gasteiger partial charge in [0.05, 0.1) is 13.2 Å². The largest absolute Gasteiger partial charge is 0.497 e. The van der Waals surface area contributed by atoms with E-state index >= 15 is 0 Å². The second-order valence-corrected chi connectivity index (χ2v) is 6.54. The van der Waals surface area contributed by atoms with Gasteiger partial charge < -0.3 is 14.6 Å². The van der Waals surface area contributed by atoms with Crippen molar-refractivity contribution in [3.8, 4) is 5.75 Å². The van der Waals surface area contributed by atoms with E-state index in [-0.39, 0.29) is 12.1 Å². The summed E-state index contributed by atoms with van der Waals surface area (Å²) in [5.74, 6) is 1.90. The molecule has 1 aromatic carbocycles. The Balaban J connectivity index is 1.65. The van der Waals surface area contributed by atoms with Gasteiger partial charge in [-0.1, -0.05) is 23.7 Å². The molecule has 3 rings (SSSR count). The number of likely N-dealkylation sites (tertiary alicyclic amines) is 1. The van der Waals surface area contributed by atoms with Crippen LogP contribution in [-0.4, -0.2) is 42.8 Å². The highest BCUT2D eigenvalue weighted by Gasteiger charge is 2.23. The number of carbonyl (C=O) groups excluding carboxylic acids is 1. The number of urea groups is 1. The molecule has 1 aliphatic heterocycles. The summed E-state index contributed by atoms with van der Waals surface area (Å²) in [4.78, 5) is 14.6. The van der Waals surface area contributed by atoms with E-state index in [0.29, 0.717) is 18.1 Å². The van der Waals surface area contributed by atoms with Crippen molar-refractivity contribution in [2.45, 2.75) is 32.2 Å². The highest BCUT2D eigenvalue weighted by atomic mass is 16.5. The number of aromatic nitrogens is 1. The number of aryl methyl sites for hydroxylation is 1. The summed E-state index contributed by atoms with van der Waals surface area (Å²) in [6, 6.07) is 9.59. The van der Waals surface area contributed by atoms with Crippen LogP contribution in [0.25, 0.3) is 0 Å². The first-order chi connectivity index (χ1) is 12.7. The molecule has 2 N–H and O–H groups in total. The van der Waals surface area contributed by atoms with Crippen LogP contribution < -0.4 is 15.4 Å². The van der Waals surface area contributed by atoms with Gasteiger partial charge in [0.15, 0.2) is 5.82 Å². The van der Waals surface area contributed by atoms with Crippen LogP contribution in [0.3, 0.4) is 0 Å². The quantitative estimate of drug-likeness (QED) is 0.828. The van der Waals surface area contributed by atoms with Gasteiger partial charge in [0, 0.05) is 12.6 Å². The minimum Gasteiger partial charge on any atom is -0.497 e. The molecule has 1 fully saturated rings. The molecule has 140 valence electrons. The number of ether oxygens (including phenoxy) is 1. The summed E-state index contributed by atoms with van der Waals surface area (Å²) in [5, 5.41) is 9.44. The van der Waals surface area contributed by atoms with Crippen molar-refractivity contribution in [2.24, 2.45) is 0 Å². The highest BCUT2D eigenvalue weighted by molar-refractivity contribution is 5.88. The van der Waals surface area contributed by atoms with E-state index in [1.54, 1.807) is 20.1 Å². The van der Waals surface area contributed by atoms with Crippen molar-refractivity contribution in [1.82, 2.24) is 15.4 Å². The van der Waals surface area contributed by atoms with Crippen molar-refractivity contribution in [1.29, 1.82) is 0 Å². The Bertz CT molecular complexity index is 708. The minimum absolute atomic E-state index is 0.131. The molecular weight excluding hydrogens is 332 g/mol. The molecule has 0 bridgehead atoms. The molecule has 0 radical (unpaired) electrons. The number of anilines is 1. The number of carbonyl (C=O) groups is 1. The molecule has 7 nitrogen and oxygen atoms in total. The number of hydrogen-bond donors (Lipinski definition) is 2. The molecule has 26 heavy (non-hydrogen) atoms. The van der Waals surface area contributed by atoms with Crippen LogP contribution in [0.5, 0.6) is 5.75 Å². The summed E-state index contributed by atoms with van der Waals surface area (Å²) in [5.41, 5.74) is 1.17. The van der Waals surface area contributed by atoms with Gasteiger partial charge in [0.25, 0.3) is 0 Å². The maximum atomic E-state index is 12.2. The number of amides is 2. The standard InChI is InChI=1S/C19H26N4O3/c1-14-12-18(22-26-14)21-19(24)20-13-17(23-10-4-3-5-11-23)15-6-8-16(25-2)9-7-15/h6-9,12,17H,3-5,10-11,13H2,1-2H3,(H2,20,21,22,24)/t17-/m1/s1.